The summed E-state index contributed by atoms with van der Waals surface area (Å²) in [6.45, 7) is 24.7. The number of methoxy groups -OCH3 is 2. The van der Waals surface area contributed by atoms with Crippen molar-refractivity contribution in [3.05, 3.63) is 332 Å². The Balaban J connectivity index is 0.000000231. The van der Waals surface area contributed by atoms with Crippen LogP contribution < -0.4 is 46.7 Å². The third-order valence-corrected chi connectivity index (χ3v) is 22.6. The average molecular weight is 1830 g/mol. The summed E-state index contributed by atoms with van der Waals surface area (Å²) < 4.78 is 21.5. The van der Waals surface area contributed by atoms with Gasteiger partial charge in [-0.25, -0.2) is 4.79 Å². The van der Waals surface area contributed by atoms with Gasteiger partial charge in [-0.15, -0.1) is 0 Å². The first kappa shape index (κ1) is 104. The summed E-state index contributed by atoms with van der Waals surface area (Å²) in [4.78, 5) is 143. The number of carbonyl (C=O) groups excluding carboxylic acids is 9. The highest BCUT2D eigenvalue weighted by Gasteiger charge is 2.38. The summed E-state index contributed by atoms with van der Waals surface area (Å²) in [6, 6.07) is 73.1. The van der Waals surface area contributed by atoms with Crippen LogP contribution in [0, 0.1) is 10.8 Å². The number of esters is 2. The number of carboxylic acid groups (broad SMARTS) is 2. The molecule has 0 heterocycles. The summed E-state index contributed by atoms with van der Waals surface area (Å²) in [5.41, 5.74) is 4.29. The Morgan fingerprint density at radius 3 is 0.881 bits per heavy atom. The van der Waals surface area contributed by atoms with Gasteiger partial charge in [-0.3, -0.25) is 47.9 Å². The smallest absolute Gasteiger partial charge is 0.326 e. The molecule has 0 aliphatic heterocycles. The number of amides is 7. The molecule has 0 spiro atoms. The maximum Gasteiger partial charge on any atom is 0.326 e. The Kier molecular flexibility index (Phi) is 35.8. The molecule has 0 saturated carbocycles. The van der Waals surface area contributed by atoms with Gasteiger partial charge in [0, 0.05) is 44.8 Å². The van der Waals surface area contributed by atoms with Crippen LogP contribution in [-0.4, -0.2) is 131 Å². The molecule has 0 aliphatic rings. The number of hydrogen-bond donors (Lipinski definition) is 11. The molecule has 26 heteroatoms. The molecular formula is C109H121N9O17. The number of carboxylic acids is 2. The van der Waals surface area contributed by atoms with E-state index in [4.69, 9.17) is 29.8 Å². The molecule has 0 aliphatic carbocycles. The van der Waals surface area contributed by atoms with Crippen LogP contribution in [0.15, 0.2) is 271 Å². The molecule has 0 aromatic heterocycles. The van der Waals surface area contributed by atoms with E-state index in [2.05, 4.69) is 37.2 Å². The number of carbonyl (C=O) groups is 11. The summed E-state index contributed by atoms with van der Waals surface area (Å²) in [6.07, 6.45) is 2.39. The first-order valence-corrected chi connectivity index (χ1v) is 44.2. The number of rotatable bonds is 36. The Labute approximate surface area is 787 Å². The summed E-state index contributed by atoms with van der Waals surface area (Å²) in [7, 11) is 3.13. The molecule has 0 radical (unpaired) electrons. The SMILES string of the molecule is CC(C)(C)OC(=O)C(C)(C)c1ccc(CC(NC(=O)Cc2ccc3ccccc3c2)C(=O)O)cc1.COc1ccc(CNC(=O)/C(NC(=O)C(Cc2ccc(C(C)(C)C(=O)O)cc2)NC(=O)Cc2ccc3ccccc3c2)=C(/C)C=N)cc1.COc1ccc(CNC(=O)/C(NC(=O)C(Cc2ccc(C(C)(C)C(=O)OC(C)(C)C)cc2)NC(=O)Cc2ccc3ccccc3c2)=C(/C)C=N)cc1. The van der Waals surface area contributed by atoms with E-state index in [1.165, 1.54) is 6.92 Å². The molecule has 11 N–H and O–H groups in total. The van der Waals surface area contributed by atoms with Gasteiger partial charge in [0.25, 0.3) is 11.8 Å². The van der Waals surface area contributed by atoms with Crippen LogP contribution in [0.5, 0.6) is 11.5 Å². The van der Waals surface area contributed by atoms with Crippen LogP contribution in [0.3, 0.4) is 0 Å². The zero-order valence-electron chi connectivity index (χ0n) is 79.2. The Hall–Kier alpha value is -15.2. The number of allylic oxidation sites excluding steroid dienone is 2. The minimum Gasteiger partial charge on any atom is -0.497 e. The van der Waals surface area contributed by atoms with Crippen molar-refractivity contribution >= 4 is 110 Å². The van der Waals surface area contributed by atoms with Crippen LogP contribution >= 0.6 is 0 Å². The van der Waals surface area contributed by atoms with Gasteiger partial charge in [0.15, 0.2) is 0 Å². The molecular weight excluding hydrogens is 1710 g/mol. The molecule has 0 bridgehead atoms. The Morgan fingerprint density at radius 1 is 0.341 bits per heavy atom. The van der Waals surface area contributed by atoms with Gasteiger partial charge < -0.3 is 77.2 Å². The number of fused-ring (bicyclic) bond motifs is 3. The van der Waals surface area contributed by atoms with E-state index in [0.29, 0.717) is 28.2 Å². The highest BCUT2D eigenvalue weighted by atomic mass is 16.6. The number of ether oxygens (including phenoxy) is 4. The van der Waals surface area contributed by atoms with Gasteiger partial charge in [-0.1, -0.05) is 224 Å². The van der Waals surface area contributed by atoms with Gasteiger partial charge in [-0.05, 0) is 226 Å². The lowest BCUT2D eigenvalue weighted by atomic mass is 9.84. The van der Waals surface area contributed by atoms with Crippen molar-refractivity contribution in [2.75, 3.05) is 14.2 Å². The third-order valence-electron chi connectivity index (χ3n) is 22.6. The minimum absolute atomic E-state index is 0.0188. The molecule has 0 fully saturated rings. The third kappa shape index (κ3) is 30.4. The monoisotopic (exact) mass is 1830 g/mol. The fraction of sp³-hybridized carbons (Fsp3) is 0.294. The van der Waals surface area contributed by atoms with Crippen molar-refractivity contribution in [1.82, 2.24) is 37.2 Å². The lowest BCUT2D eigenvalue weighted by Gasteiger charge is -2.29. The largest absolute Gasteiger partial charge is 0.497 e. The maximum atomic E-state index is 13.9. The van der Waals surface area contributed by atoms with Crippen LogP contribution in [0.4, 0.5) is 0 Å². The summed E-state index contributed by atoms with van der Waals surface area (Å²) in [5.74, 6) is -4.99. The first-order chi connectivity index (χ1) is 63.8. The fourth-order valence-corrected chi connectivity index (χ4v) is 14.3. The molecule has 704 valence electrons. The van der Waals surface area contributed by atoms with Crippen molar-refractivity contribution < 1.29 is 81.9 Å². The molecule has 11 aromatic carbocycles. The predicted molar refractivity (Wildman–Crippen MR) is 524 cm³/mol. The molecule has 3 unspecified atom stereocenters. The summed E-state index contributed by atoms with van der Waals surface area (Å²) >= 11 is 0. The molecule has 11 aromatic rings. The van der Waals surface area contributed by atoms with Gasteiger partial charge in [0.05, 0.1) is 49.7 Å². The second-order valence-electron chi connectivity index (χ2n) is 36.6. The van der Waals surface area contributed by atoms with E-state index in [0.717, 1.165) is 89.3 Å². The molecule has 135 heavy (non-hydrogen) atoms. The topological polar surface area (TPSA) is 397 Å². The molecule has 11 rings (SSSR count). The number of benzene rings is 11. The van der Waals surface area contributed by atoms with Crippen LogP contribution in [-0.2, 0) is 130 Å². The minimum atomic E-state index is -1.12. The number of aliphatic carboxylic acids is 2. The fourth-order valence-electron chi connectivity index (χ4n) is 14.3. The van der Waals surface area contributed by atoms with Gasteiger partial charge in [-0.2, -0.15) is 0 Å². The standard InChI is InChI=1S/C42H48N4O6.C38H40N4O6.C29H33NO5/c1-27(25-43)37(39(49)44-26-29-15-20-34(51-7)21-16-29)46-38(48)35(45-36(47)24-30-12-17-31-10-8-9-11-32(31)22-30)23-28-13-18-33(19-14-28)42(5,6)40(50)52-41(2,3)4;1-24(22-39)34(36(45)40-23-26-12-17-31(48-4)18-13-26)42-35(44)32(20-25-10-15-30(16-11-25)38(2,3)37(46)47)41-33(43)21-27-9-14-28-7-5-6-8-29(28)19-27;1-28(2,3)35-27(34)29(4,5)23-14-11-19(12-15-23)17-24(26(32)33)30-25(31)18-20-10-13-21-8-6-7-9-22(21)16-20/h8-22,25,35,43H,23-24,26H2,1-7H3,(H,44,49)(H,45,47)(H,46,48);5-19,22,32,39H,20-21,23H2,1-4H3,(H,40,45)(H,41,43)(H,42,44)(H,46,47);6-16,24H,17-18H2,1-5H3,(H,30,31)(H,32,33)/b37-27+,43-25?;34-24+,39-22?;. The predicted octanol–water partition coefficient (Wildman–Crippen LogP) is 15.7. The molecule has 26 nitrogen and oxygen atoms in total. The van der Waals surface area contributed by atoms with Crippen molar-refractivity contribution in [2.24, 2.45) is 0 Å². The quantitative estimate of drug-likeness (QED) is 0.00987. The average Bonchev–Trinajstić information content (AvgIpc) is 0.813. The van der Waals surface area contributed by atoms with E-state index >= 15 is 0 Å². The highest BCUT2D eigenvalue weighted by molar-refractivity contribution is 6.05. The van der Waals surface area contributed by atoms with Gasteiger partial charge in [0.1, 0.15) is 52.2 Å². The van der Waals surface area contributed by atoms with E-state index in [1.807, 2.05) is 193 Å². The van der Waals surface area contributed by atoms with Crippen molar-refractivity contribution in [1.29, 1.82) is 10.8 Å². The highest BCUT2D eigenvalue weighted by Crippen LogP contribution is 2.32. The van der Waals surface area contributed by atoms with E-state index < -0.39 is 87.0 Å². The zero-order chi connectivity index (χ0) is 98.7. The Morgan fingerprint density at radius 2 is 0.607 bits per heavy atom. The molecule has 0 saturated heterocycles. The van der Waals surface area contributed by atoms with E-state index in [1.54, 1.807) is 160 Å². The zero-order valence-corrected chi connectivity index (χ0v) is 79.2. The van der Waals surface area contributed by atoms with Gasteiger partial charge >= 0.3 is 23.9 Å². The van der Waals surface area contributed by atoms with Crippen molar-refractivity contribution in [3.8, 4) is 11.5 Å². The lowest BCUT2D eigenvalue weighted by Crippen LogP contribution is -2.50. The molecule has 3 atom stereocenters. The number of hydrogen-bond acceptors (Lipinski definition) is 17. The lowest BCUT2D eigenvalue weighted by molar-refractivity contribution is -0.161. The second-order valence-corrected chi connectivity index (χ2v) is 36.6. The van der Waals surface area contributed by atoms with Crippen LogP contribution in [0.2, 0.25) is 0 Å². The summed E-state index contributed by atoms with van der Waals surface area (Å²) in [5, 5.41) is 60.3. The van der Waals surface area contributed by atoms with Gasteiger partial charge in [0.2, 0.25) is 29.5 Å². The maximum absolute atomic E-state index is 13.9. The number of nitrogens with one attached hydrogen (secondary N) is 9. The van der Waals surface area contributed by atoms with E-state index in [-0.39, 0.29) is 97.9 Å². The van der Waals surface area contributed by atoms with Crippen LogP contribution in [0.25, 0.3) is 32.3 Å². The van der Waals surface area contributed by atoms with E-state index in [9.17, 15) is 63.0 Å². The first-order valence-electron chi connectivity index (χ1n) is 44.2. The second kappa shape index (κ2) is 46.7. The van der Waals surface area contributed by atoms with Crippen LogP contribution in [0.1, 0.15) is 158 Å². The Bertz CT molecular complexity index is 6200. The normalized spacial score (nSPS) is 12.5. The van der Waals surface area contributed by atoms with Crippen molar-refractivity contribution in [2.45, 2.75) is 194 Å². The molecule has 7 amide bonds. The van der Waals surface area contributed by atoms with Crippen molar-refractivity contribution in [3.63, 3.8) is 0 Å².